The molecule has 2 aliphatic rings. The second kappa shape index (κ2) is 11.0. The third kappa shape index (κ3) is 5.17. The maximum Gasteiger partial charge on any atom is 0.259 e. The first-order valence-corrected chi connectivity index (χ1v) is 13.8. The topological polar surface area (TPSA) is 78.2 Å². The van der Waals surface area contributed by atoms with E-state index >= 15 is 0 Å². The van der Waals surface area contributed by atoms with Gasteiger partial charge >= 0.3 is 0 Å². The summed E-state index contributed by atoms with van der Waals surface area (Å²) in [6.07, 6.45) is 4.80. The molecule has 2 fully saturated rings. The van der Waals surface area contributed by atoms with Gasteiger partial charge in [0.15, 0.2) is 5.65 Å². The zero-order chi connectivity index (χ0) is 28.7. The number of ether oxygens (including phenoxy) is 1. The average molecular weight is 562 g/mol. The second-order valence-corrected chi connectivity index (χ2v) is 10.7. The summed E-state index contributed by atoms with van der Waals surface area (Å²) in [6.45, 7) is 6.42. The Morgan fingerprint density at radius 1 is 1.07 bits per heavy atom. The van der Waals surface area contributed by atoms with Crippen LogP contribution in [0.15, 0.2) is 48.8 Å². The fraction of sp³-hybridized carbons (Fsp3) is 0.367. The molecule has 0 bridgehead atoms. The van der Waals surface area contributed by atoms with E-state index in [1.165, 1.54) is 6.07 Å². The molecule has 4 heterocycles. The number of likely N-dealkylation sites (N-methyl/N-ethyl adjacent to an activating group) is 1. The number of amides is 1. The number of nitrogens with one attached hydrogen (secondary N) is 1. The van der Waals surface area contributed by atoms with Gasteiger partial charge in [-0.15, -0.1) is 0 Å². The van der Waals surface area contributed by atoms with Crippen molar-refractivity contribution in [3.63, 3.8) is 0 Å². The number of rotatable bonds is 6. The molecule has 0 spiro atoms. The van der Waals surface area contributed by atoms with Gasteiger partial charge in [0.25, 0.3) is 5.91 Å². The van der Waals surface area contributed by atoms with Gasteiger partial charge in [-0.3, -0.25) is 4.79 Å². The van der Waals surface area contributed by atoms with Crippen LogP contribution in [-0.2, 0) is 0 Å². The molecular weight excluding hydrogens is 528 g/mol. The molecular formula is C30H33F2N7O2. The van der Waals surface area contributed by atoms with Gasteiger partial charge in [0.2, 0.25) is 0 Å². The first-order valence-electron chi connectivity index (χ1n) is 13.8. The van der Waals surface area contributed by atoms with Crippen LogP contribution in [0.2, 0.25) is 0 Å². The van der Waals surface area contributed by atoms with E-state index in [-0.39, 0.29) is 11.9 Å². The van der Waals surface area contributed by atoms with Crippen LogP contribution in [-0.4, -0.2) is 72.3 Å². The molecule has 0 aliphatic carbocycles. The van der Waals surface area contributed by atoms with E-state index < -0.39 is 11.6 Å². The molecule has 6 rings (SSSR count). The summed E-state index contributed by atoms with van der Waals surface area (Å²) in [5.41, 5.74) is 3.67. The lowest BCUT2D eigenvalue weighted by molar-refractivity contribution is 0.102. The molecule has 2 aromatic carbocycles. The van der Waals surface area contributed by atoms with E-state index in [9.17, 15) is 13.6 Å². The molecule has 1 N–H and O–H groups in total. The van der Waals surface area contributed by atoms with Crippen molar-refractivity contribution in [1.29, 1.82) is 0 Å². The number of carbonyl (C=O) groups excluding carboxylic acids is 1. The van der Waals surface area contributed by atoms with Crippen molar-refractivity contribution in [2.24, 2.45) is 0 Å². The first-order chi connectivity index (χ1) is 19.8. The number of anilines is 3. The summed E-state index contributed by atoms with van der Waals surface area (Å²) in [4.78, 5) is 24.9. The number of halogens is 2. The van der Waals surface area contributed by atoms with E-state index in [1.54, 1.807) is 30.1 Å². The van der Waals surface area contributed by atoms with Gasteiger partial charge in [-0.1, -0.05) is 0 Å². The molecule has 41 heavy (non-hydrogen) atoms. The average Bonchev–Trinajstić information content (AvgIpc) is 3.62. The van der Waals surface area contributed by atoms with E-state index in [4.69, 9.17) is 9.72 Å². The molecule has 4 aromatic rings. The van der Waals surface area contributed by atoms with Crippen molar-refractivity contribution in [2.75, 3.05) is 62.0 Å². The van der Waals surface area contributed by atoms with Crippen LogP contribution in [0.4, 0.5) is 26.0 Å². The van der Waals surface area contributed by atoms with Crippen LogP contribution >= 0.6 is 0 Å². The highest BCUT2D eigenvalue weighted by atomic mass is 19.1. The number of hydrogen-bond acceptors (Lipinski definition) is 7. The molecule has 1 atom stereocenters. The molecule has 0 radical (unpaired) electrons. The van der Waals surface area contributed by atoms with Crippen LogP contribution in [0.5, 0.6) is 5.75 Å². The molecule has 2 aliphatic heterocycles. The normalized spacial score (nSPS) is 17.8. The van der Waals surface area contributed by atoms with E-state index in [1.807, 2.05) is 24.0 Å². The minimum atomic E-state index is -0.473. The lowest BCUT2D eigenvalue weighted by atomic mass is 10.0. The molecule has 2 saturated heterocycles. The van der Waals surface area contributed by atoms with Crippen molar-refractivity contribution < 1.29 is 18.3 Å². The summed E-state index contributed by atoms with van der Waals surface area (Å²) < 4.78 is 35.8. The van der Waals surface area contributed by atoms with Crippen molar-refractivity contribution >= 4 is 28.7 Å². The third-order valence-electron chi connectivity index (χ3n) is 8.07. The van der Waals surface area contributed by atoms with Crippen molar-refractivity contribution in [1.82, 2.24) is 19.5 Å². The monoisotopic (exact) mass is 561 g/mol. The highest BCUT2D eigenvalue weighted by molar-refractivity contribution is 6.08. The Morgan fingerprint density at radius 3 is 2.66 bits per heavy atom. The van der Waals surface area contributed by atoms with Gasteiger partial charge in [0.1, 0.15) is 28.9 Å². The maximum atomic E-state index is 14.6. The summed E-state index contributed by atoms with van der Waals surface area (Å²) in [5.74, 6) is -0.157. The third-order valence-corrected chi connectivity index (χ3v) is 8.07. The molecule has 9 nitrogen and oxygen atoms in total. The Labute approximate surface area is 237 Å². The zero-order valence-corrected chi connectivity index (χ0v) is 23.4. The Balaban J connectivity index is 1.27. The quantitative estimate of drug-likeness (QED) is 0.367. The molecule has 0 unspecified atom stereocenters. The summed E-state index contributed by atoms with van der Waals surface area (Å²) >= 11 is 0. The summed E-state index contributed by atoms with van der Waals surface area (Å²) in [6, 6.07) is 8.79. The van der Waals surface area contributed by atoms with E-state index in [2.05, 4.69) is 27.3 Å². The Hall–Kier alpha value is -4.25. The van der Waals surface area contributed by atoms with Gasteiger partial charge in [-0.2, -0.15) is 5.10 Å². The Kier molecular flexibility index (Phi) is 7.21. The standard InChI is InChI=1S/C30H33F2N7O2/c1-19-15-22(27(41-3)17-26(19)37-13-11-36(2)12-14-37)30(40)34-24-18-33-39-10-8-28(35-29(24)39)38-9-4-5-25(38)21-16-20(31)6-7-23(21)32/h6-8,10,15-18,25H,4-5,9,11-14H2,1-3H3,(H,34,40)/t25-/m1/s1. The van der Waals surface area contributed by atoms with Crippen molar-refractivity contribution in [3.05, 3.63) is 77.1 Å². The number of aryl methyl sites for hydroxylation is 1. The predicted octanol–water partition coefficient (Wildman–Crippen LogP) is 4.67. The lowest BCUT2D eigenvalue weighted by Crippen LogP contribution is -2.44. The number of hydrogen-bond donors (Lipinski definition) is 1. The van der Waals surface area contributed by atoms with Crippen LogP contribution in [0.25, 0.3) is 5.65 Å². The summed E-state index contributed by atoms with van der Waals surface area (Å²) in [5, 5.41) is 7.30. The van der Waals surface area contributed by atoms with Gasteiger partial charge in [-0.05, 0) is 62.7 Å². The molecule has 1 amide bonds. The number of methoxy groups -OCH3 is 1. The molecule has 0 saturated carbocycles. The number of fused-ring (bicyclic) bond motifs is 1. The van der Waals surface area contributed by atoms with Gasteiger partial charge in [0, 0.05) is 56.2 Å². The zero-order valence-electron chi connectivity index (χ0n) is 23.4. The van der Waals surface area contributed by atoms with Crippen LogP contribution in [0.3, 0.4) is 0 Å². The Morgan fingerprint density at radius 2 is 1.88 bits per heavy atom. The number of aromatic nitrogens is 3. The molecule has 11 heteroatoms. The fourth-order valence-electron chi connectivity index (χ4n) is 5.84. The predicted molar refractivity (Wildman–Crippen MR) is 154 cm³/mol. The van der Waals surface area contributed by atoms with Crippen LogP contribution < -0.4 is 19.9 Å². The number of nitrogens with zero attached hydrogens (tertiary/aromatic N) is 6. The smallest absolute Gasteiger partial charge is 0.259 e. The fourth-order valence-corrected chi connectivity index (χ4v) is 5.84. The molecule has 2 aromatic heterocycles. The molecule has 214 valence electrons. The lowest BCUT2D eigenvalue weighted by Gasteiger charge is -2.35. The largest absolute Gasteiger partial charge is 0.496 e. The number of benzene rings is 2. The number of carbonyl (C=O) groups is 1. The van der Waals surface area contributed by atoms with Gasteiger partial charge < -0.3 is 24.8 Å². The van der Waals surface area contributed by atoms with Crippen molar-refractivity contribution in [3.8, 4) is 5.75 Å². The van der Waals surface area contributed by atoms with Gasteiger partial charge in [-0.25, -0.2) is 18.3 Å². The minimum absolute atomic E-state index is 0.314. The summed E-state index contributed by atoms with van der Waals surface area (Å²) in [7, 11) is 3.68. The van der Waals surface area contributed by atoms with Crippen molar-refractivity contribution in [2.45, 2.75) is 25.8 Å². The Bertz CT molecular complexity index is 1600. The van der Waals surface area contributed by atoms with Crippen LogP contribution in [0.1, 0.15) is 40.4 Å². The van der Waals surface area contributed by atoms with E-state index in [0.29, 0.717) is 47.0 Å². The number of piperazine rings is 1. The van der Waals surface area contributed by atoms with Gasteiger partial charge in [0.05, 0.1) is 24.9 Å². The SMILES string of the molecule is COc1cc(N2CCN(C)CC2)c(C)cc1C(=O)Nc1cnn2ccc(N3CCC[C@@H]3c3cc(F)ccc3F)nc12. The highest BCUT2D eigenvalue weighted by Gasteiger charge is 2.30. The van der Waals surface area contributed by atoms with E-state index in [0.717, 1.165) is 56.0 Å². The minimum Gasteiger partial charge on any atom is -0.496 e. The first kappa shape index (κ1) is 26.9. The second-order valence-electron chi connectivity index (χ2n) is 10.7. The highest BCUT2D eigenvalue weighted by Crippen LogP contribution is 2.37. The van der Waals surface area contributed by atoms with Crippen LogP contribution in [0, 0.1) is 18.6 Å². The maximum absolute atomic E-state index is 14.6.